The predicted molar refractivity (Wildman–Crippen MR) is 71.8 cm³/mol. The van der Waals surface area contributed by atoms with Gasteiger partial charge >= 0.3 is 0 Å². The molecule has 18 heavy (non-hydrogen) atoms. The summed E-state index contributed by atoms with van der Waals surface area (Å²) in [5.41, 5.74) is 0. The zero-order chi connectivity index (χ0) is 12.8. The van der Waals surface area contributed by atoms with E-state index >= 15 is 0 Å². The molecule has 3 nitrogen and oxygen atoms in total. The molecule has 0 aliphatic rings. The SMILES string of the molecule is Cc1ccc(C(C)NCCOc2ccccc2)o1. The minimum atomic E-state index is 0.207. The van der Waals surface area contributed by atoms with Crippen LogP contribution in [0.25, 0.3) is 0 Å². The average molecular weight is 245 g/mol. The molecule has 1 heterocycles. The van der Waals surface area contributed by atoms with Crippen molar-refractivity contribution in [3.8, 4) is 5.75 Å². The molecule has 1 unspecified atom stereocenters. The minimum Gasteiger partial charge on any atom is -0.492 e. The Kier molecular flexibility index (Phi) is 4.42. The van der Waals surface area contributed by atoms with E-state index in [9.17, 15) is 0 Å². The number of aryl methyl sites for hydroxylation is 1. The van der Waals surface area contributed by atoms with E-state index in [0.29, 0.717) is 6.61 Å². The standard InChI is InChI=1S/C15H19NO2/c1-12-8-9-15(18-12)13(2)16-10-11-17-14-6-4-3-5-7-14/h3-9,13,16H,10-11H2,1-2H3. The fourth-order valence-corrected chi connectivity index (χ4v) is 1.75. The topological polar surface area (TPSA) is 34.4 Å². The molecule has 96 valence electrons. The predicted octanol–water partition coefficient (Wildman–Crippen LogP) is 3.32. The van der Waals surface area contributed by atoms with Gasteiger partial charge < -0.3 is 14.5 Å². The number of rotatable bonds is 6. The van der Waals surface area contributed by atoms with Crippen LogP contribution in [0.2, 0.25) is 0 Å². The summed E-state index contributed by atoms with van der Waals surface area (Å²) in [6, 6.07) is 14.0. The maximum atomic E-state index is 5.60. The lowest BCUT2D eigenvalue weighted by atomic mass is 10.2. The Balaban J connectivity index is 1.69. The third kappa shape index (κ3) is 3.64. The van der Waals surface area contributed by atoms with Crippen molar-refractivity contribution in [3.63, 3.8) is 0 Å². The van der Waals surface area contributed by atoms with Crippen molar-refractivity contribution in [2.45, 2.75) is 19.9 Å². The van der Waals surface area contributed by atoms with Crippen molar-refractivity contribution in [3.05, 3.63) is 54.0 Å². The van der Waals surface area contributed by atoms with Crippen LogP contribution in [0.3, 0.4) is 0 Å². The van der Waals surface area contributed by atoms with Crippen molar-refractivity contribution in [2.75, 3.05) is 13.2 Å². The highest BCUT2D eigenvalue weighted by atomic mass is 16.5. The van der Waals surface area contributed by atoms with E-state index in [0.717, 1.165) is 23.8 Å². The first-order valence-electron chi connectivity index (χ1n) is 6.23. The van der Waals surface area contributed by atoms with Crippen molar-refractivity contribution < 1.29 is 9.15 Å². The van der Waals surface area contributed by atoms with Crippen LogP contribution in [0.1, 0.15) is 24.5 Å². The molecule has 1 aromatic heterocycles. The second-order valence-corrected chi connectivity index (χ2v) is 4.29. The average Bonchev–Trinajstić information content (AvgIpc) is 2.82. The lowest BCUT2D eigenvalue weighted by Gasteiger charge is -2.12. The fraction of sp³-hybridized carbons (Fsp3) is 0.333. The van der Waals surface area contributed by atoms with Gasteiger partial charge in [-0.1, -0.05) is 18.2 Å². The van der Waals surface area contributed by atoms with Crippen LogP contribution >= 0.6 is 0 Å². The molecule has 0 saturated carbocycles. The summed E-state index contributed by atoms with van der Waals surface area (Å²) in [7, 11) is 0. The number of benzene rings is 1. The molecule has 2 rings (SSSR count). The van der Waals surface area contributed by atoms with Crippen molar-refractivity contribution in [1.82, 2.24) is 5.32 Å². The van der Waals surface area contributed by atoms with E-state index in [2.05, 4.69) is 12.2 Å². The van der Waals surface area contributed by atoms with E-state index in [1.165, 1.54) is 0 Å². The highest BCUT2D eigenvalue weighted by molar-refractivity contribution is 5.20. The summed E-state index contributed by atoms with van der Waals surface area (Å²) < 4.78 is 11.2. The molecule has 1 atom stereocenters. The first-order valence-corrected chi connectivity index (χ1v) is 6.23. The number of furan rings is 1. The Morgan fingerprint density at radius 1 is 1.17 bits per heavy atom. The van der Waals surface area contributed by atoms with Crippen LogP contribution < -0.4 is 10.1 Å². The van der Waals surface area contributed by atoms with Gasteiger partial charge in [0, 0.05) is 6.54 Å². The number of ether oxygens (including phenoxy) is 1. The molecule has 0 fully saturated rings. The molecule has 0 bridgehead atoms. The molecule has 3 heteroatoms. The van der Waals surface area contributed by atoms with Gasteiger partial charge in [-0.05, 0) is 38.1 Å². The third-order valence-electron chi connectivity index (χ3n) is 2.75. The quantitative estimate of drug-likeness (QED) is 0.793. The molecular formula is C15H19NO2. The lowest BCUT2D eigenvalue weighted by Crippen LogP contribution is -2.24. The number of hydrogen-bond donors (Lipinski definition) is 1. The number of nitrogens with one attached hydrogen (secondary N) is 1. The van der Waals surface area contributed by atoms with E-state index in [1.807, 2.05) is 49.4 Å². The Bertz CT molecular complexity index is 464. The molecule has 2 aromatic rings. The van der Waals surface area contributed by atoms with Gasteiger partial charge in [0.05, 0.1) is 6.04 Å². The summed E-state index contributed by atoms with van der Waals surface area (Å²) in [4.78, 5) is 0. The molecule has 0 saturated heterocycles. The summed E-state index contributed by atoms with van der Waals surface area (Å²) >= 11 is 0. The number of hydrogen-bond acceptors (Lipinski definition) is 3. The molecule has 0 amide bonds. The molecule has 0 aliphatic heterocycles. The van der Waals surface area contributed by atoms with Crippen molar-refractivity contribution in [2.24, 2.45) is 0 Å². The monoisotopic (exact) mass is 245 g/mol. The normalized spacial score (nSPS) is 12.3. The van der Waals surface area contributed by atoms with E-state index in [-0.39, 0.29) is 6.04 Å². The van der Waals surface area contributed by atoms with Gasteiger partial charge in [0.15, 0.2) is 0 Å². The third-order valence-corrected chi connectivity index (χ3v) is 2.75. The Hall–Kier alpha value is -1.74. The van der Waals surface area contributed by atoms with Crippen LogP contribution in [-0.2, 0) is 0 Å². The highest BCUT2D eigenvalue weighted by Gasteiger charge is 2.07. The van der Waals surface area contributed by atoms with E-state index in [1.54, 1.807) is 0 Å². The molecule has 1 aromatic carbocycles. The van der Waals surface area contributed by atoms with Crippen LogP contribution in [0, 0.1) is 6.92 Å². The van der Waals surface area contributed by atoms with Gasteiger partial charge in [-0.2, -0.15) is 0 Å². The zero-order valence-electron chi connectivity index (χ0n) is 10.8. The summed E-state index contributed by atoms with van der Waals surface area (Å²) in [6.45, 7) is 5.47. The Morgan fingerprint density at radius 3 is 2.61 bits per heavy atom. The molecule has 0 aliphatic carbocycles. The largest absolute Gasteiger partial charge is 0.492 e. The second kappa shape index (κ2) is 6.26. The summed E-state index contributed by atoms with van der Waals surface area (Å²) in [6.07, 6.45) is 0. The van der Waals surface area contributed by atoms with Gasteiger partial charge in [0.2, 0.25) is 0 Å². The summed E-state index contributed by atoms with van der Waals surface area (Å²) in [5.74, 6) is 2.81. The first-order chi connectivity index (χ1) is 8.75. The van der Waals surface area contributed by atoms with Crippen LogP contribution in [0.4, 0.5) is 0 Å². The van der Waals surface area contributed by atoms with Crippen LogP contribution in [-0.4, -0.2) is 13.2 Å². The molecule has 0 spiro atoms. The molecule has 0 radical (unpaired) electrons. The van der Waals surface area contributed by atoms with Gasteiger partial charge in [-0.15, -0.1) is 0 Å². The Labute approximate surface area is 108 Å². The molecule has 1 N–H and O–H groups in total. The van der Waals surface area contributed by atoms with Crippen molar-refractivity contribution >= 4 is 0 Å². The van der Waals surface area contributed by atoms with Gasteiger partial charge in [0.25, 0.3) is 0 Å². The van der Waals surface area contributed by atoms with Crippen LogP contribution in [0.5, 0.6) is 5.75 Å². The van der Waals surface area contributed by atoms with E-state index < -0.39 is 0 Å². The Morgan fingerprint density at radius 2 is 1.94 bits per heavy atom. The molecular weight excluding hydrogens is 226 g/mol. The number of para-hydroxylation sites is 1. The minimum absolute atomic E-state index is 0.207. The first kappa shape index (κ1) is 12.7. The van der Waals surface area contributed by atoms with Gasteiger partial charge in [-0.3, -0.25) is 0 Å². The maximum absolute atomic E-state index is 5.60. The summed E-state index contributed by atoms with van der Waals surface area (Å²) in [5, 5.41) is 3.36. The fourth-order valence-electron chi connectivity index (χ4n) is 1.75. The lowest BCUT2D eigenvalue weighted by molar-refractivity contribution is 0.301. The van der Waals surface area contributed by atoms with Gasteiger partial charge in [-0.25, -0.2) is 0 Å². The van der Waals surface area contributed by atoms with E-state index in [4.69, 9.17) is 9.15 Å². The zero-order valence-corrected chi connectivity index (χ0v) is 10.8. The van der Waals surface area contributed by atoms with Gasteiger partial charge in [0.1, 0.15) is 23.9 Å². The van der Waals surface area contributed by atoms with Crippen molar-refractivity contribution in [1.29, 1.82) is 0 Å². The second-order valence-electron chi connectivity index (χ2n) is 4.29. The van der Waals surface area contributed by atoms with Crippen LogP contribution in [0.15, 0.2) is 46.9 Å². The maximum Gasteiger partial charge on any atom is 0.120 e. The smallest absolute Gasteiger partial charge is 0.120 e. The highest BCUT2D eigenvalue weighted by Crippen LogP contribution is 2.15.